The van der Waals surface area contributed by atoms with Crippen molar-refractivity contribution in [1.29, 1.82) is 0 Å². The SMILES string of the molecule is CN(CCCN(C)c1ccc(/C=C/C2=C[NH+](C)C=C2)cc1)C(=O)CSSCC(=O)N(C)CCCN(C)c1ccc(/C=C/c2cc[n+](C)cc2)cc1. The summed E-state index contributed by atoms with van der Waals surface area (Å²) >= 11 is 0. The number of allylic oxidation sites excluding steroid dienone is 3. The molecule has 1 aromatic heterocycles. The first-order valence-corrected chi connectivity index (χ1v) is 20.0. The molecule has 51 heavy (non-hydrogen) atoms. The fourth-order valence-electron chi connectivity index (χ4n) is 5.38. The molecule has 2 aromatic carbocycles. The van der Waals surface area contributed by atoms with Crippen LogP contribution < -0.4 is 19.3 Å². The van der Waals surface area contributed by atoms with Gasteiger partial charge < -0.3 is 19.6 Å². The summed E-state index contributed by atoms with van der Waals surface area (Å²) in [7, 11) is 14.9. The van der Waals surface area contributed by atoms with Crippen molar-refractivity contribution in [2.24, 2.45) is 7.05 Å². The third-order valence-electron chi connectivity index (χ3n) is 8.82. The number of amides is 2. The minimum absolute atomic E-state index is 0.0865. The smallest absolute Gasteiger partial charge is 0.233 e. The van der Waals surface area contributed by atoms with Crippen LogP contribution >= 0.6 is 21.6 Å². The van der Waals surface area contributed by atoms with E-state index in [0.717, 1.165) is 42.9 Å². The number of carbonyl (C=O) groups excluding carboxylic acids is 2. The molecule has 3 aromatic rings. The van der Waals surface area contributed by atoms with Gasteiger partial charge in [-0.05, 0) is 59.9 Å². The molecule has 2 amide bonds. The summed E-state index contributed by atoms with van der Waals surface area (Å²) in [4.78, 5) is 34.7. The van der Waals surface area contributed by atoms with Crippen molar-refractivity contribution in [2.45, 2.75) is 12.8 Å². The minimum Gasteiger partial charge on any atom is -0.375 e. The second kappa shape index (κ2) is 20.6. The standard InChI is InChI=1S/C41H53N6O2S2/c1-42-28-21-36(22-29-42)10-9-34-13-17-38(18-14-34)44(3)24-7-26-46(5)40(48)32-50-51-33-41(49)47(6)27-8-25-45(4)39-19-15-35(16-20-39)11-12-37-23-30-43(2)31-37/h9-23,28-31H,7-8,24-27,32-33H2,1-6H3/q+1/p+1/b12-11+. The van der Waals surface area contributed by atoms with Crippen molar-refractivity contribution in [1.82, 2.24) is 9.80 Å². The highest BCUT2D eigenvalue weighted by atomic mass is 33.1. The maximum Gasteiger partial charge on any atom is 0.233 e. The van der Waals surface area contributed by atoms with E-state index in [2.05, 4.69) is 134 Å². The van der Waals surface area contributed by atoms with Gasteiger partial charge in [0.25, 0.3) is 0 Å². The third-order valence-corrected chi connectivity index (χ3v) is 10.9. The minimum atomic E-state index is 0.0865. The average Bonchev–Trinajstić information content (AvgIpc) is 3.56. The fraction of sp³-hybridized carbons (Fsp3) is 0.341. The molecular formula is C41H54N6O2S2+2. The quantitative estimate of drug-likeness (QED) is 0.103. The van der Waals surface area contributed by atoms with Crippen LogP contribution in [0, 0.1) is 0 Å². The summed E-state index contributed by atoms with van der Waals surface area (Å²) in [5.41, 5.74) is 7.03. The maximum absolute atomic E-state index is 12.7. The molecule has 1 aliphatic rings. The number of nitrogens with one attached hydrogen (secondary N) is 1. The summed E-state index contributed by atoms with van der Waals surface area (Å²) in [6.45, 7) is 3.09. The number of anilines is 2. The van der Waals surface area contributed by atoms with Crippen molar-refractivity contribution < 1.29 is 19.1 Å². The number of quaternary nitrogens is 1. The van der Waals surface area contributed by atoms with Gasteiger partial charge >= 0.3 is 0 Å². The molecule has 1 atom stereocenters. The monoisotopic (exact) mass is 726 g/mol. The van der Waals surface area contributed by atoms with Crippen LogP contribution in [-0.4, -0.2) is 94.5 Å². The zero-order valence-electron chi connectivity index (χ0n) is 31.0. The van der Waals surface area contributed by atoms with Crippen LogP contribution in [0.3, 0.4) is 0 Å². The number of pyridine rings is 1. The molecule has 270 valence electrons. The van der Waals surface area contributed by atoms with Gasteiger partial charge in [0.15, 0.2) is 12.4 Å². The van der Waals surface area contributed by atoms with E-state index in [4.69, 9.17) is 0 Å². The van der Waals surface area contributed by atoms with E-state index in [9.17, 15) is 9.59 Å². The van der Waals surface area contributed by atoms with Crippen LogP contribution in [0.4, 0.5) is 11.4 Å². The summed E-state index contributed by atoms with van der Waals surface area (Å²) < 4.78 is 2.02. The maximum atomic E-state index is 12.7. The van der Waals surface area contributed by atoms with Crippen molar-refractivity contribution in [2.75, 3.05) is 82.7 Å². The number of hydrogen-bond donors (Lipinski definition) is 1. The highest BCUT2D eigenvalue weighted by Gasteiger charge is 2.13. The van der Waals surface area contributed by atoms with Crippen LogP contribution in [0.15, 0.2) is 103 Å². The molecule has 0 bridgehead atoms. The molecule has 8 nitrogen and oxygen atoms in total. The molecule has 2 heterocycles. The molecule has 4 rings (SSSR count). The zero-order chi connectivity index (χ0) is 36.6. The van der Waals surface area contributed by atoms with Gasteiger partial charge in [0.05, 0.1) is 24.8 Å². The number of aromatic nitrogens is 1. The van der Waals surface area contributed by atoms with Crippen molar-refractivity contribution in [3.05, 3.63) is 120 Å². The Hall–Kier alpha value is -4.25. The van der Waals surface area contributed by atoms with Crippen LogP contribution in [0.2, 0.25) is 0 Å². The highest BCUT2D eigenvalue weighted by Crippen LogP contribution is 2.22. The number of nitrogens with zero attached hydrogens (tertiary/aromatic N) is 5. The Balaban J connectivity index is 1.04. The Morgan fingerprint density at radius 1 is 0.647 bits per heavy atom. The molecule has 1 N–H and O–H groups in total. The van der Waals surface area contributed by atoms with E-state index in [1.165, 1.54) is 43.2 Å². The Labute approximate surface area is 313 Å². The largest absolute Gasteiger partial charge is 0.375 e. The molecule has 1 aliphatic heterocycles. The molecule has 10 heteroatoms. The molecule has 0 spiro atoms. The first kappa shape index (κ1) is 39.5. The van der Waals surface area contributed by atoms with Crippen LogP contribution in [0.5, 0.6) is 0 Å². The third kappa shape index (κ3) is 13.8. The molecule has 0 aliphatic carbocycles. The van der Waals surface area contributed by atoms with E-state index in [0.29, 0.717) is 24.6 Å². The zero-order valence-corrected chi connectivity index (χ0v) is 32.6. The molecule has 0 radical (unpaired) electrons. The second-order valence-electron chi connectivity index (χ2n) is 13.1. The summed E-state index contributed by atoms with van der Waals surface area (Å²) in [5, 5.41) is 0. The molecule has 1 unspecified atom stereocenters. The number of hydrogen-bond acceptors (Lipinski definition) is 6. The van der Waals surface area contributed by atoms with Crippen LogP contribution in [0.1, 0.15) is 29.5 Å². The van der Waals surface area contributed by atoms with E-state index in [1.807, 2.05) is 38.1 Å². The molecule has 0 saturated carbocycles. The van der Waals surface area contributed by atoms with Gasteiger partial charge in [-0.15, -0.1) is 0 Å². The number of benzene rings is 2. The first-order chi connectivity index (χ1) is 24.6. The predicted molar refractivity (Wildman–Crippen MR) is 219 cm³/mol. The predicted octanol–water partition coefficient (Wildman–Crippen LogP) is 5.27. The molecule has 0 fully saturated rings. The number of rotatable bonds is 19. The lowest BCUT2D eigenvalue weighted by Crippen LogP contribution is -2.98. The molecule has 0 saturated heterocycles. The lowest BCUT2D eigenvalue weighted by Gasteiger charge is -2.22. The second-order valence-corrected chi connectivity index (χ2v) is 15.5. The highest BCUT2D eigenvalue weighted by molar-refractivity contribution is 8.77. The van der Waals surface area contributed by atoms with E-state index >= 15 is 0 Å². The van der Waals surface area contributed by atoms with Gasteiger partial charge in [0.1, 0.15) is 13.2 Å². The van der Waals surface area contributed by atoms with Crippen LogP contribution in [0.25, 0.3) is 18.2 Å². The van der Waals surface area contributed by atoms with E-state index in [-0.39, 0.29) is 11.8 Å². The van der Waals surface area contributed by atoms with Gasteiger partial charge in [-0.1, -0.05) is 64.1 Å². The van der Waals surface area contributed by atoms with Crippen molar-refractivity contribution >= 4 is 63.0 Å². The normalized spacial score (nSPS) is 13.9. The Bertz CT molecular complexity index is 1670. The van der Waals surface area contributed by atoms with Gasteiger partial charge in [0.2, 0.25) is 11.8 Å². The number of carbonyl (C=O) groups is 2. The summed E-state index contributed by atoms with van der Waals surface area (Å²) in [5.74, 6) is 0.891. The van der Waals surface area contributed by atoms with Gasteiger partial charge in [-0.2, -0.15) is 0 Å². The summed E-state index contributed by atoms with van der Waals surface area (Å²) in [6.07, 6.45) is 20.8. The van der Waals surface area contributed by atoms with Gasteiger partial charge in [-0.25, -0.2) is 4.57 Å². The van der Waals surface area contributed by atoms with Crippen molar-refractivity contribution in [3.8, 4) is 0 Å². The Kier molecular flexibility index (Phi) is 15.9. The molecular weight excluding hydrogens is 673 g/mol. The van der Waals surface area contributed by atoms with E-state index < -0.39 is 0 Å². The van der Waals surface area contributed by atoms with Crippen LogP contribution in [-0.2, 0) is 16.6 Å². The van der Waals surface area contributed by atoms with Gasteiger partial charge in [0, 0.05) is 89.5 Å². The fourth-order valence-corrected chi connectivity index (χ4v) is 7.30. The van der Waals surface area contributed by atoms with E-state index in [1.54, 1.807) is 9.80 Å². The lowest BCUT2D eigenvalue weighted by atomic mass is 10.1. The topological polar surface area (TPSA) is 55.4 Å². The Morgan fingerprint density at radius 3 is 1.51 bits per heavy atom. The Morgan fingerprint density at radius 2 is 1.08 bits per heavy atom. The lowest BCUT2D eigenvalue weighted by molar-refractivity contribution is -0.763. The first-order valence-electron chi connectivity index (χ1n) is 17.5. The van der Waals surface area contributed by atoms with Crippen molar-refractivity contribution in [3.63, 3.8) is 0 Å². The average molecular weight is 727 g/mol. The summed E-state index contributed by atoms with van der Waals surface area (Å²) in [6, 6.07) is 21.3. The number of aryl methyl sites for hydroxylation is 1. The van der Waals surface area contributed by atoms with Gasteiger partial charge in [-0.3, -0.25) is 14.5 Å².